The van der Waals surface area contributed by atoms with Crippen LogP contribution in [0.3, 0.4) is 0 Å². The summed E-state index contributed by atoms with van der Waals surface area (Å²) in [7, 11) is 1.57. The number of carbonyl (C=O) groups is 1. The van der Waals surface area contributed by atoms with Crippen LogP contribution in [0, 0.1) is 5.92 Å². The Kier molecular flexibility index (Phi) is 3.51. The second-order valence-electron chi connectivity index (χ2n) is 4.88. The standard InChI is InChI=1S/C15H15ClN2O3/c1-9(19)17-18-6-5-10-8-21-14-11(12(10)7-18)3-4-13(16)15(14)20-2/h3-7,10H,8H2,1-2H3,(H,17,19). The topological polar surface area (TPSA) is 50.8 Å². The summed E-state index contributed by atoms with van der Waals surface area (Å²) in [6, 6.07) is 3.69. The Hall–Kier alpha value is -2.14. The maximum absolute atomic E-state index is 11.2. The van der Waals surface area contributed by atoms with Crippen molar-refractivity contribution in [1.29, 1.82) is 0 Å². The second-order valence-corrected chi connectivity index (χ2v) is 5.28. The molecule has 0 aromatic heterocycles. The van der Waals surface area contributed by atoms with Gasteiger partial charge in [0.05, 0.1) is 18.7 Å². The molecule has 1 aromatic rings. The second kappa shape index (κ2) is 5.33. The van der Waals surface area contributed by atoms with Crippen molar-refractivity contribution in [1.82, 2.24) is 10.4 Å². The first-order valence-electron chi connectivity index (χ1n) is 6.55. The predicted molar refractivity (Wildman–Crippen MR) is 79.8 cm³/mol. The highest BCUT2D eigenvalue weighted by molar-refractivity contribution is 6.32. The summed E-state index contributed by atoms with van der Waals surface area (Å²) in [6.07, 6.45) is 5.70. The van der Waals surface area contributed by atoms with Gasteiger partial charge in [-0.3, -0.25) is 15.2 Å². The van der Waals surface area contributed by atoms with Gasteiger partial charge in [-0.1, -0.05) is 17.7 Å². The lowest BCUT2D eigenvalue weighted by Gasteiger charge is -2.32. The Morgan fingerprint density at radius 3 is 3.05 bits per heavy atom. The molecule has 3 rings (SSSR count). The minimum Gasteiger partial charge on any atom is -0.491 e. The third-order valence-corrected chi connectivity index (χ3v) is 3.73. The quantitative estimate of drug-likeness (QED) is 0.912. The predicted octanol–water partition coefficient (Wildman–Crippen LogP) is 2.58. The fourth-order valence-electron chi connectivity index (χ4n) is 2.53. The van der Waals surface area contributed by atoms with Crippen LogP contribution in [0.15, 0.2) is 30.6 Å². The molecule has 2 aliphatic rings. The number of hydrazine groups is 1. The smallest absolute Gasteiger partial charge is 0.235 e. The molecule has 6 heteroatoms. The SMILES string of the molecule is COc1c(Cl)ccc2c1OCC1C=CN(NC(C)=O)C=C21. The summed E-state index contributed by atoms with van der Waals surface area (Å²) in [6.45, 7) is 1.99. The third-order valence-electron chi connectivity index (χ3n) is 3.43. The number of carbonyl (C=O) groups excluding carboxylic acids is 1. The normalized spacial score (nSPS) is 19.1. The average Bonchev–Trinajstić information content (AvgIpc) is 2.46. The fourth-order valence-corrected chi connectivity index (χ4v) is 2.75. The van der Waals surface area contributed by atoms with Crippen molar-refractivity contribution in [3.05, 3.63) is 41.2 Å². The molecule has 0 saturated carbocycles. The Morgan fingerprint density at radius 2 is 2.33 bits per heavy atom. The molecule has 0 fully saturated rings. The molecular weight excluding hydrogens is 292 g/mol. The molecule has 1 amide bonds. The Bertz CT molecular complexity index is 655. The molecule has 21 heavy (non-hydrogen) atoms. The van der Waals surface area contributed by atoms with Crippen LogP contribution in [0.4, 0.5) is 0 Å². The number of fused-ring (bicyclic) bond motifs is 3. The molecule has 1 unspecified atom stereocenters. The molecule has 1 aromatic carbocycles. The van der Waals surface area contributed by atoms with Gasteiger partial charge in [0.1, 0.15) is 0 Å². The van der Waals surface area contributed by atoms with E-state index in [1.165, 1.54) is 6.92 Å². The molecule has 1 atom stereocenters. The molecule has 0 aliphatic carbocycles. The van der Waals surface area contributed by atoms with Gasteiger partial charge in [-0.25, -0.2) is 0 Å². The molecule has 0 bridgehead atoms. The van der Waals surface area contributed by atoms with Gasteiger partial charge in [-0.2, -0.15) is 0 Å². The first-order chi connectivity index (χ1) is 10.1. The number of nitrogens with one attached hydrogen (secondary N) is 1. The van der Waals surface area contributed by atoms with E-state index >= 15 is 0 Å². The number of hydrogen-bond donors (Lipinski definition) is 1. The van der Waals surface area contributed by atoms with Gasteiger partial charge in [0, 0.05) is 30.8 Å². The van der Waals surface area contributed by atoms with Gasteiger partial charge in [0.15, 0.2) is 11.5 Å². The van der Waals surface area contributed by atoms with Gasteiger partial charge in [0.25, 0.3) is 0 Å². The maximum atomic E-state index is 11.2. The van der Waals surface area contributed by atoms with Crippen LogP contribution in [0.5, 0.6) is 11.5 Å². The number of methoxy groups -OCH3 is 1. The van der Waals surface area contributed by atoms with Crippen LogP contribution in [-0.2, 0) is 4.79 Å². The lowest BCUT2D eigenvalue weighted by atomic mass is 9.89. The van der Waals surface area contributed by atoms with Crippen molar-refractivity contribution in [2.75, 3.05) is 13.7 Å². The number of ether oxygens (including phenoxy) is 2. The van der Waals surface area contributed by atoms with E-state index in [4.69, 9.17) is 21.1 Å². The average molecular weight is 307 g/mol. The van der Waals surface area contributed by atoms with E-state index in [1.54, 1.807) is 18.2 Å². The van der Waals surface area contributed by atoms with E-state index in [-0.39, 0.29) is 11.8 Å². The van der Waals surface area contributed by atoms with E-state index in [0.717, 1.165) is 11.1 Å². The lowest BCUT2D eigenvalue weighted by molar-refractivity contribution is -0.121. The molecule has 0 radical (unpaired) electrons. The largest absolute Gasteiger partial charge is 0.491 e. The Morgan fingerprint density at radius 1 is 1.52 bits per heavy atom. The van der Waals surface area contributed by atoms with Crippen LogP contribution in [-0.4, -0.2) is 24.6 Å². The molecule has 2 aliphatic heterocycles. The van der Waals surface area contributed by atoms with Gasteiger partial charge in [-0.15, -0.1) is 0 Å². The number of benzene rings is 1. The van der Waals surface area contributed by atoms with Crippen LogP contribution < -0.4 is 14.9 Å². The van der Waals surface area contributed by atoms with E-state index in [1.807, 2.05) is 24.5 Å². The van der Waals surface area contributed by atoms with Crippen molar-refractivity contribution in [2.24, 2.45) is 5.92 Å². The number of rotatable bonds is 2. The van der Waals surface area contributed by atoms with Crippen LogP contribution in [0.2, 0.25) is 5.02 Å². The van der Waals surface area contributed by atoms with E-state index in [0.29, 0.717) is 23.1 Å². The van der Waals surface area contributed by atoms with Gasteiger partial charge in [-0.05, 0) is 17.7 Å². The molecule has 0 spiro atoms. The van der Waals surface area contributed by atoms with E-state index in [2.05, 4.69) is 5.43 Å². The van der Waals surface area contributed by atoms with E-state index < -0.39 is 0 Å². The summed E-state index contributed by atoms with van der Waals surface area (Å²) in [5.41, 5.74) is 4.70. The van der Waals surface area contributed by atoms with Crippen LogP contribution in [0.25, 0.3) is 5.57 Å². The maximum Gasteiger partial charge on any atom is 0.235 e. The monoisotopic (exact) mass is 306 g/mol. The number of nitrogens with zero attached hydrogens (tertiary/aromatic N) is 1. The van der Waals surface area contributed by atoms with Crippen molar-refractivity contribution in [3.8, 4) is 11.5 Å². The lowest BCUT2D eigenvalue weighted by Crippen LogP contribution is -2.36. The minimum absolute atomic E-state index is 0.129. The number of amides is 1. The summed E-state index contributed by atoms with van der Waals surface area (Å²) in [5.74, 6) is 1.20. The molecule has 0 saturated heterocycles. The zero-order chi connectivity index (χ0) is 15.0. The summed E-state index contributed by atoms with van der Waals surface area (Å²) < 4.78 is 11.1. The zero-order valence-electron chi connectivity index (χ0n) is 11.7. The van der Waals surface area contributed by atoms with Crippen molar-refractivity contribution in [3.63, 3.8) is 0 Å². The first kappa shape index (κ1) is 13.8. The van der Waals surface area contributed by atoms with Crippen molar-refractivity contribution in [2.45, 2.75) is 6.92 Å². The van der Waals surface area contributed by atoms with Crippen LogP contribution in [0.1, 0.15) is 12.5 Å². The van der Waals surface area contributed by atoms with Crippen molar-refractivity contribution < 1.29 is 14.3 Å². The third kappa shape index (κ3) is 2.45. The van der Waals surface area contributed by atoms with Crippen LogP contribution >= 0.6 is 11.6 Å². The summed E-state index contributed by atoms with van der Waals surface area (Å²) in [4.78, 5) is 11.2. The van der Waals surface area contributed by atoms with Gasteiger partial charge < -0.3 is 9.47 Å². The van der Waals surface area contributed by atoms with Gasteiger partial charge >= 0.3 is 0 Å². The number of halogens is 1. The summed E-state index contributed by atoms with van der Waals surface area (Å²) in [5, 5.41) is 2.16. The number of hydrogen-bond acceptors (Lipinski definition) is 4. The zero-order valence-corrected chi connectivity index (χ0v) is 12.5. The Balaban J connectivity index is 2.04. The molecule has 2 heterocycles. The molecule has 1 N–H and O–H groups in total. The highest BCUT2D eigenvalue weighted by Crippen LogP contribution is 2.46. The molecular formula is C15H15ClN2O3. The first-order valence-corrected chi connectivity index (χ1v) is 6.93. The minimum atomic E-state index is -0.129. The summed E-state index contributed by atoms with van der Waals surface area (Å²) >= 11 is 6.13. The highest BCUT2D eigenvalue weighted by Gasteiger charge is 2.29. The fraction of sp³-hybridized carbons (Fsp3) is 0.267. The Labute approximate surface area is 127 Å². The molecule has 5 nitrogen and oxygen atoms in total. The molecule has 110 valence electrons. The van der Waals surface area contributed by atoms with E-state index in [9.17, 15) is 4.79 Å². The highest BCUT2D eigenvalue weighted by atomic mass is 35.5. The van der Waals surface area contributed by atoms with Gasteiger partial charge in [0.2, 0.25) is 5.91 Å². The van der Waals surface area contributed by atoms with Crippen molar-refractivity contribution >= 4 is 23.1 Å².